The SMILES string of the molecule is CCOC(=O)C(C(NCc1ccccc1)C(C)C)[Si](C)(C)c1ccccc1. The Morgan fingerprint density at radius 2 is 1.56 bits per heavy atom. The maximum absolute atomic E-state index is 13.1. The monoisotopic (exact) mass is 383 g/mol. The standard InChI is InChI=1S/C23H33NO2Si/c1-6-26-23(25)22(27(4,5)20-15-11-8-12-16-20)21(18(2)3)24-17-19-13-9-7-10-14-19/h7-16,18,21-22,24H,6,17H2,1-5H3. The summed E-state index contributed by atoms with van der Waals surface area (Å²) in [5, 5.41) is 4.97. The quantitative estimate of drug-likeness (QED) is 0.517. The van der Waals surface area contributed by atoms with Gasteiger partial charge in [0, 0.05) is 12.6 Å². The lowest BCUT2D eigenvalue weighted by molar-refractivity contribution is -0.144. The van der Waals surface area contributed by atoms with Crippen LogP contribution in [0.25, 0.3) is 0 Å². The van der Waals surface area contributed by atoms with E-state index in [0.717, 1.165) is 6.54 Å². The van der Waals surface area contributed by atoms with E-state index in [4.69, 9.17) is 4.74 Å². The van der Waals surface area contributed by atoms with Crippen LogP contribution < -0.4 is 10.5 Å². The number of carbonyl (C=O) groups is 1. The van der Waals surface area contributed by atoms with E-state index in [1.807, 2.05) is 31.2 Å². The molecule has 0 fully saturated rings. The van der Waals surface area contributed by atoms with Crippen LogP contribution in [-0.2, 0) is 16.1 Å². The van der Waals surface area contributed by atoms with Crippen LogP contribution in [0.3, 0.4) is 0 Å². The molecule has 2 rings (SSSR count). The fourth-order valence-electron chi connectivity index (χ4n) is 3.74. The molecule has 146 valence electrons. The van der Waals surface area contributed by atoms with Gasteiger partial charge in [0.25, 0.3) is 0 Å². The van der Waals surface area contributed by atoms with Crippen LogP contribution in [-0.4, -0.2) is 26.7 Å². The number of benzene rings is 2. The third kappa shape index (κ3) is 5.53. The molecule has 0 amide bonds. The minimum Gasteiger partial charge on any atom is -0.466 e. The topological polar surface area (TPSA) is 38.3 Å². The lowest BCUT2D eigenvalue weighted by Crippen LogP contribution is -2.57. The summed E-state index contributed by atoms with van der Waals surface area (Å²) in [5.41, 5.74) is 1.08. The first-order valence-corrected chi connectivity index (χ1v) is 12.9. The van der Waals surface area contributed by atoms with E-state index < -0.39 is 8.07 Å². The van der Waals surface area contributed by atoms with Gasteiger partial charge >= 0.3 is 5.97 Å². The minimum absolute atomic E-state index is 0.0612. The summed E-state index contributed by atoms with van der Waals surface area (Å²) >= 11 is 0. The molecular formula is C23H33NO2Si. The summed E-state index contributed by atoms with van der Waals surface area (Å²) in [7, 11) is -2.11. The lowest BCUT2D eigenvalue weighted by Gasteiger charge is -2.39. The Morgan fingerprint density at radius 1 is 1.00 bits per heavy atom. The number of ether oxygens (including phenoxy) is 1. The molecule has 0 aliphatic carbocycles. The van der Waals surface area contributed by atoms with Gasteiger partial charge in [0.2, 0.25) is 0 Å². The molecule has 0 radical (unpaired) electrons. The zero-order chi connectivity index (χ0) is 19.9. The van der Waals surface area contributed by atoms with Crippen molar-refractivity contribution < 1.29 is 9.53 Å². The van der Waals surface area contributed by atoms with E-state index in [9.17, 15) is 4.79 Å². The molecule has 0 bridgehead atoms. The molecule has 0 heterocycles. The predicted octanol–water partition coefficient (Wildman–Crippen LogP) is 4.35. The van der Waals surface area contributed by atoms with Crippen LogP contribution in [0.1, 0.15) is 26.3 Å². The van der Waals surface area contributed by atoms with E-state index >= 15 is 0 Å². The summed E-state index contributed by atoms with van der Waals surface area (Å²) in [6.07, 6.45) is 0. The molecule has 4 heteroatoms. The largest absolute Gasteiger partial charge is 0.466 e. The van der Waals surface area contributed by atoms with Crippen molar-refractivity contribution in [3.8, 4) is 0 Å². The van der Waals surface area contributed by atoms with E-state index in [-0.39, 0.29) is 17.6 Å². The molecule has 2 unspecified atom stereocenters. The van der Waals surface area contributed by atoms with E-state index in [1.165, 1.54) is 10.8 Å². The molecule has 0 aromatic heterocycles. The second kappa shape index (κ2) is 9.86. The van der Waals surface area contributed by atoms with Crippen molar-refractivity contribution in [2.24, 2.45) is 5.92 Å². The summed E-state index contributed by atoms with van der Waals surface area (Å²) in [5.74, 6) is 0.246. The first kappa shape index (κ1) is 21.4. The molecule has 1 N–H and O–H groups in total. The second-order valence-electron chi connectivity index (χ2n) is 7.95. The Bertz CT molecular complexity index is 701. The van der Waals surface area contributed by atoms with Gasteiger partial charge in [-0.2, -0.15) is 0 Å². The van der Waals surface area contributed by atoms with Gasteiger partial charge in [-0.05, 0) is 18.4 Å². The number of hydrogen-bond donors (Lipinski definition) is 1. The third-order valence-corrected chi connectivity index (χ3v) is 9.27. The van der Waals surface area contributed by atoms with Gasteiger partial charge in [0.15, 0.2) is 0 Å². The zero-order valence-corrected chi connectivity index (χ0v) is 18.2. The highest BCUT2D eigenvalue weighted by Gasteiger charge is 2.45. The first-order chi connectivity index (χ1) is 12.9. The van der Waals surface area contributed by atoms with Crippen molar-refractivity contribution in [3.05, 3.63) is 66.2 Å². The van der Waals surface area contributed by atoms with Crippen LogP contribution in [0.15, 0.2) is 60.7 Å². The van der Waals surface area contributed by atoms with Gasteiger partial charge < -0.3 is 10.1 Å². The molecule has 3 nitrogen and oxygen atoms in total. The van der Waals surface area contributed by atoms with Crippen molar-refractivity contribution in [2.75, 3.05) is 6.61 Å². The maximum atomic E-state index is 13.1. The fraction of sp³-hybridized carbons (Fsp3) is 0.435. The van der Waals surface area contributed by atoms with E-state index in [1.54, 1.807) is 0 Å². The average molecular weight is 384 g/mol. The minimum atomic E-state index is -2.11. The molecule has 2 aromatic carbocycles. The highest BCUT2D eigenvalue weighted by atomic mass is 28.3. The summed E-state index contributed by atoms with van der Waals surface area (Å²) in [6.45, 7) is 12.0. The summed E-state index contributed by atoms with van der Waals surface area (Å²) in [4.78, 5) is 13.1. The summed E-state index contributed by atoms with van der Waals surface area (Å²) in [6, 6.07) is 20.9. The number of hydrogen-bond acceptors (Lipinski definition) is 3. The normalized spacial score (nSPS) is 14.0. The van der Waals surface area contributed by atoms with Gasteiger partial charge in [-0.1, -0.05) is 92.8 Å². The maximum Gasteiger partial charge on any atom is 0.308 e. The first-order valence-electron chi connectivity index (χ1n) is 9.87. The Labute approximate surface area is 165 Å². The third-order valence-electron chi connectivity index (χ3n) is 5.30. The highest BCUT2D eigenvalue weighted by Crippen LogP contribution is 2.31. The van der Waals surface area contributed by atoms with Crippen LogP contribution in [0.2, 0.25) is 18.6 Å². The van der Waals surface area contributed by atoms with Crippen LogP contribution in [0.5, 0.6) is 0 Å². The molecule has 2 atom stereocenters. The van der Waals surface area contributed by atoms with Crippen LogP contribution in [0, 0.1) is 5.92 Å². The van der Waals surface area contributed by atoms with Gasteiger partial charge in [-0.15, -0.1) is 0 Å². The van der Waals surface area contributed by atoms with Crippen molar-refractivity contribution >= 4 is 19.2 Å². The van der Waals surface area contributed by atoms with Gasteiger partial charge in [-0.25, -0.2) is 0 Å². The highest BCUT2D eigenvalue weighted by molar-refractivity contribution is 6.93. The lowest BCUT2D eigenvalue weighted by atomic mass is 10.00. The Balaban J connectivity index is 2.35. The number of esters is 1. The molecule has 0 saturated carbocycles. The molecule has 2 aromatic rings. The molecule has 0 spiro atoms. The smallest absolute Gasteiger partial charge is 0.308 e. The Kier molecular flexibility index (Phi) is 7.81. The predicted molar refractivity (Wildman–Crippen MR) is 116 cm³/mol. The molecular weight excluding hydrogens is 350 g/mol. The molecule has 27 heavy (non-hydrogen) atoms. The molecule has 0 aliphatic heterocycles. The van der Waals surface area contributed by atoms with Gasteiger partial charge in [0.05, 0.1) is 20.2 Å². The van der Waals surface area contributed by atoms with Gasteiger partial charge in [0.1, 0.15) is 0 Å². The zero-order valence-electron chi connectivity index (χ0n) is 17.2. The summed E-state index contributed by atoms with van der Waals surface area (Å²) < 4.78 is 5.55. The van der Waals surface area contributed by atoms with Crippen LogP contribution >= 0.6 is 0 Å². The van der Waals surface area contributed by atoms with E-state index in [0.29, 0.717) is 12.5 Å². The van der Waals surface area contributed by atoms with Crippen LogP contribution in [0.4, 0.5) is 0 Å². The van der Waals surface area contributed by atoms with Crippen molar-refractivity contribution in [2.45, 2.75) is 52.0 Å². The molecule has 0 aliphatic rings. The average Bonchev–Trinajstić information content (AvgIpc) is 2.66. The number of carbonyl (C=O) groups excluding carboxylic acids is 1. The fourth-order valence-corrected chi connectivity index (χ4v) is 7.22. The Morgan fingerprint density at radius 3 is 2.07 bits per heavy atom. The molecule has 0 saturated heterocycles. The van der Waals surface area contributed by atoms with Gasteiger partial charge in [-0.3, -0.25) is 4.79 Å². The van der Waals surface area contributed by atoms with Crippen molar-refractivity contribution in [1.29, 1.82) is 0 Å². The number of rotatable bonds is 9. The van der Waals surface area contributed by atoms with E-state index in [2.05, 4.69) is 68.7 Å². The Hall–Kier alpha value is -1.91. The van der Waals surface area contributed by atoms with Crippen molar-refractivity contribution in [1.82, 2.24) is 5.32 Å². The second-order valence-corrected chi connectivity index (χ2v) is 12.6. The van der Waals surface area contributed by atoms with Crippen molar-refractivity contribution in [3.63, 3.8) is 0 Å². The number of nitrogens with one attached hydrogen (secondary N) is 1.